The highest BCUT2D eigenvalue weighted by atomic mass is 16.7. The van der Waals surface area contributed by atoms with Crippen molar-refractivity contribution in [2.24, 2.45) is 5.92 Å². The maximum Gasteiger partial charge on any atom is 0.335 e. The van der Waals surface area contributed by atoms with Gasteiger partial charge in [0.25, 0.3) is 0 Å². The largest absolute Gasteiger partial charge is 0.497 e. The van der Waals surface area contributed by atoms with Crippen LogP contribution >= 0.6 is 0 Å². The SMILES string of the molecule is CCc1cc(C(=O)O)cc(CC)c1NC(=O)CN1CC(c2ccc3c(c2)OCO3)[C@H](C(=O)O)[C@H]1c1ccc(OC)cc1. The summed E-state index contributed by atoms with van der Waals surface area (Å²) in [5.41, 5.74) is 3.80. The first-order valence-electron chi connectivity index (χ1n) is 13.9. The second kappa shape index (κ2) is 12.1. The van der Waals surface area contributed by atoms with E-state index in [1.807, 2.05) is 43.0 Å². The third-order valence-electron chi connectivity index (χ3n) is 8.09. The molecule has 0 aromatic heterocycles. The number of hydrogen-bond donors (Lipinski definition) is 3. The molecule has 2 aliphatic rings. The van der Waals surface area contributed by atoms with Crippen LogP contribution in [0.2, 0.25) is 0 Å². The molecule has 10 heteroatoms. The first-order valence-corrected chi connectivity index (χ1v) is 13.9. The number of carbonyl (C=O) groups excluding carboxylic acids is 1. The molecule has 0 radical (unpaired) electrons. The van der Waals surface area contributed by atoms with Crippen LogP contribution in [0.5, 0.6) is 17.2 Å². The van der Waals surface area contributed by atoms with Crippen molar-refractivity contribution in [3.63, 3.8) is 0 Å². The number of carbonyl (C=O) groups is 3. The quantitative estimate of drug-likeness (QED) is 0.314. The highest BCUT2D eigenvalue weighted by molar-refractivity contribution is 5.96. The fourth-order valence-corrected chi connectivity index (χ4v) is 6.05. The van der Waals surface area contributed by atoms with Crippen molar-refractivity contribution in [2.45, 2.75) is 38.6 Å². The smallest absolute Gasteiger partial charge is 0.335 e. The van der Waals surface area contributed by atoms with E-state index in [1.165, 1.54) is 0 Å². The van der Waals surface area contributed by atoms with E-state index in [2.05, 4.69) is 5.32 Å². The normalized spacial score (nSPS) is 19.5. The van der Waals surface area contributed by atoms with Gasteiger partial charge >= 0.3 is 11.9 Å². The van der Waals surface area contributed by atoms with Crippen molar-refractivity contribution in [1.29, 1.82) is 0 Å². The molecule has 1 unspecified atom stereocenters. The molecule has 3 aromatic rings. The number of likely N-dealkylation sites (tertiary alicyclic amines) is 1. The van der Waals surface area contributed by atoms with Crippen LogP contribution in [-0.4, -0.2) is 60.0 Å². The summed E-state index contributed by atoms with van der Waals surface area (Å²) >= 11 is 0. The number of carboxylic acid groups (broad SMARTS) is 2. The van der Waals surface area contributed by atoms with Crippen LogP contribution in [0, 0.1) is 5.92 Å². The Balaban J connectivity index is 1.49. The highest BCUT2D eigenvalue weighted by Crippen LogP contribution is 2.47. The minimum Gasteiger partial charge on any atom is -0.497 e. The molecule has 2 heterocycles. The van der Waals surface area contributed by atoms with Gasteiger partial charge in [-0.25, -0.2) is 4.79 Å². The van der Waals surface area contributed by atoms with E-state index in [4.69, 9.17) is 14.2 Å². The number of nitrogens with one attached hydrogen (secondary N) is 1. The first-order chi connectivity index (χ1) is 20.2. The number of hydrogen-bond acceptors (Lipinski definition) is 7. The molecule has 0 spiro atoms. The predicted octanol–water partition coefficient (Wildman–Crippen LogP) is 4.73. The molecule has 3 atom stereocenters. The Kier molecular flexibility index (Phi) is 8.35. The fraction of sp³-hybridized carbons (Fsp3) is 0.344. The second-order valence-electron chi connectivity index (χ2n) is 10.5. The summed E-state index contributed by atoms with van der Waals surface area (Å²) in [6.45, 7) is 4.18. The van der Waals surface area contributed by atoms with E-state index in [0.29, 0.717) is 42.3 Å². The number of rotatable bonds is 10. The minimum atomic E-state index is -1.02. The number of fused-ring (bicyclic) bond motifs is 1. The number of aliphatic carboxylic acids is 1. The molecule has 1 saturated heterocycles. The van der Waals surface area contributed by atoms with Crippen LogP contribution in [0.1, 0.15) is 58.4 Å². The summed E-state index contributed by atoms with van der Waals surface area (Å²) in [5, 5.41) is 23.1. The first kappa shape index (κ1) is 28.9. The van der Waals surface area contributed by atoms with Crippen molar-refractivity contribution in [2.75, 3.05) is 32.3 Å². The average molecular weight is 575 g/mol. The summed E-state index contributed by atoms with van der Waals surface area (Å²) in [6, 6.07) is 15.3. The molecule has 10 nitrogen and oxygen atoms in total. The molecule has 2 aliphatic heterocycles. The average Bonchev–Trinajstić information content (AvgIpc) is 3.61. The molecule has 1 amide bonds. The van der Waals surface area contributed by atoms with Crippen LogP contribution in [0.3, 0.4) is 0 Å². The molecular weight excluding hydrogens is 540 g/mol. The van der Waals surface area contributed by atoms with E-state index in [1.54, 1.807) is 37.4 Å². The van der Waals surface area contributed by atoms with E-state index >= 15 is 0 Å². The Hall–Kier alpha value is -4.57. The molecule has 0 saturated carbocycles. The topological polar surface area (TPSA) is 135 Å². The Labute approximate surface area is 243 Å². The summed E-state index contributed by atoms with van der Waals surface area (Å²) in [5.74, 6) is -1.75. The number of carboxylic acids is 2. The molecule has 3 aromatic carbocycles. The third kappa shape index (κ3) is 5.62. The monoisotopic (exact) mass is 574 g/mol. The molecule has 220 valence electrons. The standard InChI is InChI=1S/C32H34N2O8/c1-4-18-12-22(31(36)37)13-19(5-2)29(18)33-27(35)16-34-15-24(21-8-11-25-26(14-21)42-17-41-25)28(32(38)39)30(34)20-6-9-23(40-3)10-7-20/h6-14,24,28,30H,4-5,15-17H2,1-3H3,(H,33,35)(H,36,37)(H,38,39)/t24?,28-,30+/m0/s1. The molecule has 42 heavy (non-hydrogen) atoms. The number of aryl methyl sites for hydroxylation is 2. The molecule has 0 aliphatic carbocycles. The Morgan fingerprint density at radius 1 is 0.929 bits per heavy atom. The summed E-state index contributed by atoms with van der Waals surface area (Å²) < 4.78 is 16.3. The lowest BCUT2D eigenvalue weighted by molar-refractivity contribution is -0.143. The maximum atomic E-state index is 13.6. The molecule has 3 N–H and O–H groups in total. The number of nitrogens with zero attached hydrogens (tertiary/aromatic N) is 1. The maximum absolute atomic E-state index is 13.6. The molecule has 0 bridgehead atoms. The minimum absolute atomic E-state index is 0.0610. The third-order valence-corrected chi connectivity index (χ3v) is 8.09. The van der Waals surface area contributed by atoms with Crippen molar-refractivity contribution >= 4 is 23.5 Å². The fourth-order valence-electron chi connectivity index (χ4n) is 6.05. The van der Waals surface area contributed by atoms with Gasteiger partial charge in [0.1, 0.15) is 5.75 Å². The van der Waals surface area contributed by atoms with Gasteiger partial charge in [-0.1, -0.05) is 32.0 Å². The molecular formula is C32H34N2O8. The van der Waals surface area contributed by atoms with Gasteiger partial charge in [0.2, 0.25) is 12.7 Å². The summed E-state index contributed by atoms with van der Waals surface area (Å²) in [6.07, 6.45) is 1.07. The lowest BCUT2D eigenvalue weighted by Gasteiger charge is -2.27. The number of methoxy groups -OCH3 is 1. The van der Waals surface area contributed by atoms with E-state index in [9.17, 15) is 24.6 Å². The molecule has 5 rings (SSSR count). The van der Waals surface area contributed by atoms with E-state index in [-0.39, 0.29) is 24.8 Å². The van der Waals surface area contributed by atoms with Crippen molar-refractivity contribution in [3.05, 3.63) is 82.4 Å². The zero-order chi connectivity index (χ0) is 30.0. The summed E-state index contributed by atoms with van der Waals surface area (Å²) in [4.78, 5) is 40.0. The van der Waals surface area contributed by atoms with Gasteiger partial charge in [0.05, 0.1) is 25.1 Å². The number of anilines is 1. The Bertz CT molecular complexity index is 1480. The van der Waals surface area contributed by atoms with Crippen molar-refractivity contribution in [1.82, 2.24) is 4.90 Å². The number of amides is 1. The lowest BCUT2D eigenvalue weighted by Crippen LogP contribution is -2.35. The van der Waals surface area contributed by atoms with Gasteiger partial charge in [-0.05, 0) is 71.5 Å². The van der Waals surface area contributed by atoms with Crippen LogP contribution < -0.4 is 19.5 Å². The van der Waals surface area contributed by atoms with Gasteiger partial charge in [0, 0.05) is 24.2 Å². The second-order valence-corrected chi connectivity index (χ2v) is 10.5. The van der Waals surface area contributed by atoms with E-state index < -0.39 is 29.8 Å². The van der Waals surface area contributed by atoms with Gasteiger partial charge in [0.15, 0.2) is 11.5 Å². The van der Waals surface area contributed by atoms with Crippen LogP contribution in [0.25, 0.3) is 0 Å². The van der Waals surface area contributed by atoms with Crippen molar-refractivity contribution in [3.8, 4) is 17.2 Å². The van der Waals surface area contributed by atoms with Gasteiger partial charge in [-0.2, -0.15) is 0 Å². The molecule has 1 fully saturated rings. The van der Waals surface area contributed by atoms with Gasteiger partial charge in [-0.3, -0.25) is 14.5 Å². The number of aromatic carboxylic acids is 1. The van der Waals surface area contributed by atoms with Gasteiger partial charge < -0.3 is 29.7 Å². The van der Waals surface area contributed by atoms with Crippen LogP contribution in [0.15, 0.2) is 54.6 Å². The lowest BCUT2D eigenvalue weighted by atomic mass is 9.82. The Morgan fingerprint density at radius 2 is 1.57 bits per heavy atom. The Morgan fingerprint density at radius 3 is 2.17 bits per heavy atom. The van der Waals surface area contributed by atoms with Gasteiger partial charge in [-0.15, -0.1) is 0 Å². The predicted molar refractivity (Wildman–Crippen MR) is 155 cm³/mol. The van der Waals surface area contributed by atoms with Crippen molar-refractivity contribution < 1.29 is 38.8 Å². The zero-order valence-electron chi connectivity index (χ0n) is 23.8. The van der Waals surface area contributed by atoms with Crippen LogP contribution in [-0.2, 0) is 22.4 Å². The number of ether oxygens (including phenoxy) is 3. The summed E-state index contributed by atoms with van der Waals surface area (Å²) in [7, 11) is 1.56. The highest BCUT2D eigenvalue weighted by Gasteiger charge is 2.48. The number of benzene rings is 3. The van der Waals surface area contributed by atoms with Crippen LogP contribution in [0.4, 0.5) is 5.69 Å². The zero-order valence-corrected chi connectivity index (χ0v) is 23.8. The van der Waals surface area contributed by atoms with E-state index in [0.717, 1.165) is 22.3 Å².